The Bertz CT molecular complexity index is 349. The summed E-state index contributed by atoms with van der Waals surface area (Å²) in [5.41, 5.74) is 5.88. The molecule has 2 saturated heterocycles. The van der Waals surface area contributed by atoms with Gasteiger partial charge in [-0.1, -0.05) is 0 Å². The molecule has 2 heterocycles. The largest absolute Gasteiger partial charge is 0.381 e. The molecule has 2 fully saturated rings. The van der Waals surface area contributed by atoms with Crippen LogP contribution in [-0.2, 0) is 14.2 Å². The minimum atomic E-state index is 0. The molecule has 0 aromatic carbocycles. The molecule has 7 nitrogen and oxygen atoms in total. The van der Waals surface area contributed by atoms with Gasteiger partial charge in [0.05, 0.1) is 13.2 Å². The van der Waals surface area contributed by atoms with E-state index in [0.29, 0.717) is 11.9 Å². The Kier molecular flexibility index (Phi) is 13.7. The molecule has 3 N–H and O–H groups in total. The molecule has 8 heteroatoms. The average molecular weight is 470 g/mol. The number of nitrogens with one attached hydrogen (secondary N) is 1. The lowest BCUT2D eigenvalue weighted by Gasteiger charge is -2.26. The quantitative estimate of drug-likeness (QED) is 0.215. The van der Waals surface area contributed by atoms with Crippen molar-refractivity contribution in [1.82, 2.24) is 10.2 Å². The van der Waals surface area contributed by atoms with Gasteiger partial charge in [-0.3, -0.25) is 9.89 Å². The third-order valence-corrected chi connectivity index (χ3v) is 4.48. The van der Waals surface area contributed by atoms with Crippen LogP contribution < -0.4 is 11.1 Å². The Morgan fingerprint density at radius 3 is 2.60 bits per heavy atom. The molecule has 2 aliphatic heterocycles. The Morgan fingerprint density at radius 1 is 1.12 bits per heavy atom. The molecule has 2 rings (SSSR count). The standard InChI is InChI=1S/C17H34N4O3.HI/c18-17(19-5-1-7-21-8-13-23-14-9-21)20-6-2-10-24-15-16-3-11-22-12-4-16;/h16H,1-15H2,(H3,18,19,20);1H. The van der Waals surface area contributed by atoms with Gasteiger partial charge in [0.25, 0.3) is 0 Å². The van der Waals surface area contributed by atoms with Crippen LogP contribution in [0.15, 0.2) is 4.99 Å². The minimum absolute atomic E-state index is 0. The fraction of sp³-hybridized carbons (Fsp3) is 0.941. The fourth-order valence-corrected chi connectivity index (χ4v) is 2.93. The predicted octanol–water partition coefficient (Wildman–Crippen LogP) is 1.06. The Labute approximate surface area is 169 Å². The van der Waals surface area contributed by atoms with E-state index in [-0.39, 0.29) is 24.0 Å². The monoisotopic (exact) mass is 470 g/mol. The van der Waals surface area contributed by atoms with Gasteiger partial charge in [-0.15, -0.1) is 24.0 Å². The van der Waals surface area contributed by atoms with Crippen LogP contribution in [0.1, 0.15) is 25.7 Å². The van der Waals surface area contributed by atoms with Crippen molar-refractivity contribution in [1.29, 1.82) is 0 Å². The molecular weight excluding hydrogens is 435 g/mol. The van der Waals surface area contributed by atoms with Crippen LogP contribution >= 0.6 is 24.0 Å². The Hall–Kier alpha value is -0.160. The van der Waals surface area contributed by atoms with Gasteiger partial charge in [-0.25, -0.2) is 0 Å². The summed E-state index contributed by atoms with van der Waals surface area (Å²) in [4.78, 5) is 6.77. The number of halogens is 1. The maximum Gasteiger partial charge on any atom is 0.188 e. The second-order valence-electron chi connectivity index (χ2n) is 6.49. The van der Waals surface area contributed by atoms with E-state index in [9.17, 15) is 0 Å². The van der Waals surface area contributed by atoms with Crippen LogP contribution in [0.3, 0.4) is 0 Å². The maximum atomic E-state index is 5.88. The number of hydrogen-bond acceptors (Lipinski definition) is 5. The van der Waals surface area contributed by atoms with E-state index in [2.05, 4.69) is 15.2 Å². The number of nitrogens with zero attached hydrogens (tertiary/aromatic N) is 2. The van der Waals surface area contributed by atoms with E-state index in [1.807, 2.05) is 0 Å². The van der Waals surface area contributed by atoms with Crippen LogP contribution in [0.5, 0.6) is 0 Å². The topological polar surface area (TPSA) is 81.3 Å². The number of aliphatic imine (C=N–C) groups is 1. The molecule has 0 bridgehead atoms. The second kappa shape index (κ2) is 15.0. The first-order valence-corrected chi connectivity index (χ1v) is 9.34. The minimum Gasteiger partial charge on any atom is -0.381 e. The SMILES string of the molecule is I.NC(=NCCCOCC1CCOCC1)NCCCN1CCOCC1. The van der Waals surface area contributed by atoms with E-state index >= 15 is 0 Å². The number of hydrogen-bond donors (Lipinski definition) is 2. The van der Waals surface area contributed by atoms with Gasteiger partial charge in [-0.05, 0) is 38.1 Å². The lowest BCUT2D eigenvalue weighted by molar-refractivity contribution is 0.0205. The zero-order valence-electron chi connectivity index (χ0n) is 15.3. The van der Waals surface area contributed by atoms with E-state index in [1.54, 1.807) is 0 Å². The lowest BCUT2D eigenvalue weighted by Crippen LogP contribution is -2.39. The highest BCUT2D eigenvalue weighted by molar-refractivity contribution is 14.0. The summed E-state index contributed by atoms with van der Waals surface area (Å²) in [6.07, 6.45) is 4.24. The highest BCUT2D eigenvalue weighted by atomic mass is 127. The lowest BCUT2D eigenvalue weighted by atomic mass is 10.0. The van der Waals surface area contributed by atoms with Crippen LogP contribution in [-0.4, -0.2) is 83.2 Å². The third kappa shape index (κ3) is 11.2. The summed E-state index contributed by atoms with van der Waals surface area (Å²) in [7, 11) is 0. The van der Waals surface area contributed by atoms with Crippen molar-refractivity contribution in [2.75, 3.05) is 72.4 Å². The molecule has 0 spiro atoms. The first kappa shape index (κ1) is 22.9. The van der Waals surface area contributed by atoms with Gasteiger partial charge in [0.15, 0.2) is 5.96 Å². The molecule has 25 heavy (non-hydrogen) atoms. The third-order valence-electron chi connectivity index (χ3n) is 4.48. The molecular formula is C17H35IN4O3. The summed E-state index contributed by atoms with van der Waals surface area (Å²) in [6, 6.07) is 0. The zero-order chi connectivity index (χ0) is 16.9. The highest BCUT2D eigenvalue weighted by Crippen LogP contribution is 2.14. The van der Waals surface area contributed by atoms with E-state index in [0.717, 1.165) is 98.0 Å². The number of rotatable bonds is 10. The van der Waals surface area contributed by atoms with E-state index in [1.165, 1.54) is 0 Å². The van der Waals surface area contributed by atoms with Gasteiger partial charge < -0.3 is 25.3 Å². The van der Waals surface area contributed by atoms with Crippen molar-refractivity contribution < 1.29 is 14.2 Å². The van der Waals surface area contributed by atoms with E-state index in [4.69, 9.17) is 19.9 Å². The number of guanidine groups is 1. The summed E-state index contributed by atoms with van der Waals surface area (Å²) in [6.45, 7) is 9.83. The first-order valence-electron chi connectivity index (χ1n) is 9.34. The van der Waals surface area contributed by atoms with Crippen molar-refractivity contribution in [2.24, 2.45) is 16.6 Å². The van der Waals surface area contributed by atoms with Crippen molar-refractivity contribution >= 4 is 29.9 Å². The molecule has 0 unspecified atom stereocenters. The van der Waals surface area contributed by atoms with Gasteiger partial charge in [0.1, 0.15) is 0 Å². The van der Waals surface area contributed by atoms with Crippen LogP contribution in [0.4, 0.5) is 0 Å². The van der Waals surface area contributed by atoms with Crippen LogP contribution in [0.25, 0.3) is 0 Å². The molecule has 0 aromatic heterocycles. The maximum absolute atomic E-state index is 5.88. The van der Waals surface area contributed by atoms with Crippen molar-refractivity contribution in [2.45, 2.75) is 25.7 Å². The normalized spacial score (nSPS) is 20.2. The second-order valence-corrected chi connectivity index (χ2v) is 6.49. The smallest absolute Gasteiger partial charge is 0.188 e. The summed E-state index contributed by atoms with van der Waals surface area (Å²) < 4.78 is 16.4. The van der Waals surface area contributed by atoms with Crippen molar-refractivity contribution in [3.63, 3.8) is 0 Å². The fourth-order valence-electron chi connectivity index (χ4n) is 2.93. The van der Waals surface area contributed by atoms with Gasteiger partial charge in [0, 0.05) is 52.6 Å². The van der Waals surface area contributed by atoms with Gasteiger partial charge in [0.2, 0.25) is 0 Å². The van der Waals surface area contributed by atoms with E-state index < -0.39 is 0 Å². The van der Waals surface area contributed by atoms with Gasteiger partial charge in [-0.2, -0.15) is 0 Å². The number of morpholine rings is 1. The summed E-state index contributed by atoms with van der Waals surface area (Å²) >= 11 is 0. The van der Waals surface area contributed by atoms with Crippen LogP contribution in [0, 0.1) is 5.92 Å². The summed E-state index contributed by atoms with van der Waals surface area (Å²) in [5, 5.41) is 3.18. The van der Waals surface area contributed by atoms with Gasteiger partial charge >= 0.3 is 0 Å². The Morgan fingerprint density at radius 2 is 1.84 bits per heavy atom. The number of nitrogens with two attached hydrogens (primary N) is 1. The molecule has 0 atom stereocenters. The first-order chi connectivity index (χ1) is 11.8. The van der Waals surface area contributed by atoms with Crippen molar-refractivity contribution in [3.05, 3.63) is 0 Å². The Balaban J connectivity index is 0.00000312. The molecule has 0 saturated carbocycles. The predicted molar refractivity (Wildman–Crippen MR) is 111 cm³/mol. The summed E-state index contributed by atoms with van der Waals surface area (Å²) in [5.74, 6) is 1.21. The molecule has 0 aliphatic carbocycles. The van der Waals surface area contributed by atoms with Crippen LogP contribution in [0.2, 0.25) is 0 Å². The molecule has 0 aromatic rings. The molecule has 0 radical (unpaired) electrons. The molecule has 2 aliphatic rings. The zero-order valence-corrected chi connectivity index (χ0v) is 17.6. The molecule has 148 valence electrons. The highest BCUT2D eigenvalue weighted by Gasteiger charge is 2.13. The molecule has 0 amide bonds. The number of ether oxygens (including phenoxy) is 3. The van der Waals surface area contributed by atoms with Crippen molar-refractivity contribution in [3.8, 4) is 0 Å². The average Bonchev–Trinajstić information content (AvgIpc) is 2.63.